The Balaban J connectivity index is 2.96. The lowest BCUT2D eigenvalue weighted by Gasteiger charge is -2.40. The molecule has 0 fully saturated rings. The quantitative estimate of drug-likeness (QED) is 0.805. The average Bonchev–Trinajstić information content (AvgIpc) is 2.29. The van der Waals surface area contributed by atoms with Crippen molar-refractivity contribution in [1.82, 2.24) is 5.32 Å². The Morgan fingerprint density at radius 3 is 1.90 bits per heavy atom. The van der Waals surface area contributed by atoms with Crippen molar-refractivity contribution in [3.63, 3.8) is 0 Å². The predicted molar refractivity (Wildman–Crippen MR) is 73.0 cm³/mol. The first-order chi connectivity index (χ1) is 9.38. The number of carbonyl (C=O) groups excluding carboxylic acids is 1. The minimum absolute atomic E-state index is 0.346. The molecular weight excluding hydrogens is 288 g/mol. The molecule has 7 heteroatoms. The van der Waals surface area contributed by atoms with Crippen molar-refractivity contribution in [2.75, 3.05) is 5.32 Å². The van der Waals surface area contributed by atoms with Crippen LogP contribution in [0, 0.1) is 6.92 Å². The maximum absolute atomic E-state index is 13.5. The van der Waals surface area contributed by atoms with Gasteiger partial charge in [-0.15, -0.1) is 0 Å². The molecule has 0 saturated carbocycles. The number of carbonyl (C=O) groups is 1. The maximum Gasteiger partial charge on any atom is 0.320 e. The minimum atomic E-state index is -3.81. The van der Waals surface area contributed by atoms with Crippen LogP contribution in [-0.4, -0.2) is 23.4 Å². The average molecular weight is 306 g/mol. The number of rotatable bonds is 4. The highest BCUT2D eigenvalue weighted by molar-refractivity contribution is 5.90. The summed E-state index contributed by atoms with van der Waals surface area (Å²) in [7, 11) is 0. The first-order valence-electron chi connectivity index (χ1n) is 6.29. The van der Waals surface area contributed by atoms with E-state index in [2.05, 4.69) is 5.32 Å². The summed E-state index contributed by atoms with van der Waals surface area (Å²) in [4.78, 5) is 11.8. The van der Waals surface area contributed by atoms with Crippen molar-refractivity contribution >= 4 is 11.7 Å². The van der Waals surface area contributed by atoms with E-state index in [-0.39, 0.29) is 0 Å². The molecule has 0 aliphatic rings. The molecule has 0 heterocycles. The van der Waals surface area contributed by atoms with E-state index in [4.69, 9.17) is 0 Å². The third kappa shape index (κ3) is 3.65. The first-order valence-corrected chi connectivity index (χ1v) is 6.29. The molecule has 0 atom stereocenters. The number of halogens is 4. The highest BCUT2D eigenvalue weighted by Gasteiger charge is 2.61. The van der Waals surface area contributed by atoms with Crippen molar-refractivity contribution in [2.45, 2.75) is 45.1 Å². The van der Waals surface area contributed by atoms with Gasteiger partial charge in [-0.3, -0.25) is 0 Å². The summed E-state index contributed by atoms with van der Waals surface area (Å²) in [6, 6.07) is 5.47. The molecule has 2 N–H and O–H groups in total. The summed E-state index contributed by atoms with van der Waals surface area (Å²) < 4.78 is 54.1. The number of benzene rings is 1. The molecule has 0 bridgehead atoms. The summed E-state index contributed by atoms with van der Waals surface area (Å²) in [5.41, 5.74) is -1.97. The molecular formula is C14H18F4N2O. The zero-order valence-electron chi connectivity index (χ0n) is 12.2. The van der Waals surface area contributed by atoms with Gasteiger partial charge in [0.2, 0.25) is 0 Å². The number of nitrogens with one attached hydrogen (secondary N) is 2. The largest absolute Gasteiger partial charge is 0.321 e. The number of urea groups is 1. The van der Waals surface area contributed by atoms with Crippen LogP contribution in [0.1, 0.15) is 26.3 Å². The Labute approximate surface area is 120 Å². The molecule has 0 aromatic heterocycles. The van der Waals surface area contributed by atoms with E-state index in [0.717, 1.165) is 0 Å². The molecule has 3 nitrogen and oxygen atoms in total. The predicted octanol–water partition coefficient (Wildman–Crippen LogP) is 4.19. The molecule has 0 radical (unpaired) electrons. The van der Waals surface area contributed by atoms with E-state index in [0.29, 0.717) is 32.0 Å². The standard InChI is InChI=1S/C14H18F4N2O/c1-9-7-5-6-8-10(9)19-11(21)20-12(2,13(3,15)16)14(4,17)18/h5-8H,1-4H3,(H2,19,20,21). The number of alkyl halides is 4. The topological polar surface area (TPSA) is 41.1 Å². The monoisotopic (exact) mass is 306 g/mol. The van der Waals surface area contributed by atoms with E-state index < -0.39 is 23.4 Å². The molecule has 1 aromatic rings. The van der Waals surface area contributed by atoms with Crippen LogP contribution >= 0.6 is 0 Å². The Morgan fingerprint density at radius 2 is 1.48 bits per heavy atom. The van der Waals surface area contributed by atoms with Crippen LogP contribution in [0.4, 0.5) is 28.0 Å². The van der Waals surface area contributed by atoms with Crippen molar-refractivity contribution < 1.29 is 22.4 Å². The van der Waals surface area contributed by atoms with Gasteiger partial charge in [0.1, 0.15) is 0 Å². The molecule has 0 saturated heterocycles. The van der Waals surface area contributed by atoms with Gasteiger partial charge in [-0.05, 0) is 25.5 Å². The van der Waals surface area contributed by atoms with Gasteiger partial charge in [0.25, 0.3) is 11.8 Å². The van der Waals surface area contributed by atoms with E-state index in [1.54, 1.807) is 36.5 Å². The Bertz CT molecular complexity index is 506. The van der Waals surface area contributed by atoms with Crippen LogP contribution in [-0.2, 0) is 0 Å². The normalized spacial score (nSPS) is 13.0. The number of anilines is 1. The zero-order valence-corrected chi connectivity index (χ0v) is 12.2. The third-order valence-electron chi connectivity index (χ3n) is 3.51. The molecule has 118 valence electrons. The van der Waals surface area contributed by atoms with Gasteiger partial charge in [0.05, 0.1) is 0 Å². The summed E-state index contributed by atoms with van der Waals surface area (Å²) in [5.74, 6) is -7.62. The van der Waals surface area contributed by atoms with Crippen LogP contribution in [0.25, 0.3) is 0 Å². The van der Waals surface area contributed by atoms with Gasteiger partial charge in [-0.1, -0.05) is 18.2 Å². The third-order valence-corrected chi connectivity index (χ3v) is 3.51. The fraction of sp³-hybridized carbons (Fsp3) is 0.500. The second-order valence-electron chi connectivity index (χ2n) is 5.30. The highest BCUT2D eigenvalue weighted by atomic mass is 19.3. The zero-order chi connectivity index (χ0) is 16.5. The van der Waals surface area contributed by atoms with E-state index >= 15 is 0 Å². The second-order valence-corrected chi connectivity index (χ2v) is 5.30. The summed E-state index contributed by atoms with van der Waals surface area (Å²) >= 11 is 0. The first kappa shape index (κ1) is 17.3. The molecule has 0 unspecified atom stereocenters. The number of aryl methyl sites for hydroxylation is 1. The van der Waals surface area contributed by atoms with Crippen molar-refractivity contribution in [1.29, 1.82) is 0 Å². The van der Waals surface area contributed by atoms with E-state index in [1.165, 1.54) is 0 Å². The minimum Gasteiger partial charge on any atom is -0.321 e. The smallest absolute Gasteiger partial charge is 0.320 e. The Hall–Kier alpha value is -1.79. The van der Waals surface area contributed by atoms with Crippen LogP contribution < -0.4 is 10.6 Å². The van der Waals surface area contributed by atoms with Gasteiger partial charge >= 0.3 is 6.03 Å². The molecule has 1 aromatic carbocycles. The van der Waals surface area contributed by atoms with Gasteiger partial charge in [0.15, 0.2) is 5.54 Å². The van der Waals surface area contributed by atoms with Gasteiger partial charge in [0, 0.05) is 19.5 Å². The van der Waals surface area contributed by atoms with Crippen LogP contribution in [0.15, 0.2) is 24.3 Å². The molecule has 1 rings (SSSR count). The van der Waals surface area contributed by atoms with Gasteiger partial charge in [-0.25, -0.2) is 22.4 Å². The van der Waals surface area contributed by atoms with Crippen molar-refractivity contribution in [3.8, 4) is 0 Å². The Kier molecular flexibility index (Phi) is 4.55. The van der Waals surface area contributed by atoms with Crippen molar-refractivity contribution in [2.24, 2.45) is 0 Å². The fourth-order valence-corrected chi connectivity index (χ4v) is 1.70. The molecule has 0 aliphatic heterocycles. The molecule has 0 aliphatic carbocycles. The summed E-state index contributed by atoms with van der Waals surface area (Å²) in [6.45, 7) is 3.00. The van der Waals surface area contributed by atoms with Crippen LogP contribution in [0.2, 0.25) is 0 Å². The van der Waals surface area contributed by atoms with E-state index in [1.807, 2.05) is 0 Å². The lowest BCUT2D eigenvalue weighted by atomic mass is 9.88. The number of hydrogen-bond donors (Lipinski definition) is 2. The lowest BCUT2D eigenvalue weighted by molar-refractivity contribution is -0.173. The number of hydrogen-bond acceptors (Lipinski definition) is 1. The molecule has 2 amide bonds. The van der Waals surface area contributed by atoms with Crippen molar-refractivity contribution in [3.05, 3.63) is 29.8 Å². The van der Waals surface area contributed by atoms with Gasteiger partial charge in [-0.2, -0.15) is 0 Å². The molecule has 21 heavy (non-hydrogen) atoms. The lowest BCUT2D eigenvalue weighted by Crippen LogP contribution is -2.67. The summed E-state index contributed by atoms with van der Waals surface area (Å²) in [6.07, 6.45) is 0. The van der Waals surface area contributed by atoms with Crippen LogP contribution in [0.3, 0.4) is 0 Å². The molecule has 0 spiro atoms. The Morgan fingerprint density at radius 1 is 1.00 bits per heavy atom. The highest BCUT2D eigenvalue weighted by Crippen LogP contribution is 2.40. The SMILES string of the molecule is Cc1ccccc1NC(=O)NC(C)(C(C)(F)F)C(C)(F)F. The summed E-state index contributed by atoms with van der Waals surface area (Å²) in [5, 5.41) is 3.99. The van der Waals surface area contributed by atoms with E-state index in [9.17, 15) is 22.4 Å². The van der Waals surface area contributed by atoms with Gasteiger partial charge < -0.3 is 10.6 Å². The maximum atomic E-state index is 13.5. The van der Waals surface area contributed by atoms with Crippen LogP contribution in [0.5, 0.6) is 0 Å². The number of para-hydroxylation sites is 1. The second kappa shape index (κ2) is 5.54. The fourth-order valence-electron chi connectivity index (χ4n) is 1.70. The number of amides is 2.